The molecule has 10 heavy (non-hydrogen) atoms. The molecule has 0 aliphatic rings. The Morgan fingerprint density at radius 1 is 1.70 bits per heavy atom. The van der Waals surface area contributed by atoms with Crippen LogP contribution in [0.2, 0.25) is 0 Å². The molecule has 1 rings (SSSR count). The molecule has 0 bridgehead atoms. The van der Waals surface area contributed by atoms with Crippen LogP contribution in [0, 0.1) is 0 Å². The zero-order valence-electron chi connectivity index (χ0n) is 6.29. The molecule has 3 nitrogen and oxygen atoms in total. The van der Waals surface area contributed by atoms with Gasteiger partial charge in [-0.2, -0.15) is 0 Å². The molecule has 0 amide bonds. The van der Waals surface area contributed by atoms with Crippen LogP contribution in [0.4, 0.5) is 0 Å². The van der Waals surface area contributed by atoms with Crippen molar-refractivity contribution in [3.05, 3.63) is 18.0 Å². The highest BCUT2D eigenvalue weighted by molar-refractivity contribution is 5.00. The van der Waals surface area contributed by atoms with Crippen LogP contribution in [0.25, 0.3) is 0 Å². The molecular formula is C7H12N2O. The minimum atomic E-state index is -0.198. The van der Waals surface area contributed by atoms with Gasteiger partial charge in [-0.05, 0) is 13.8 Å². The van der Waals surface area contributed by atoms with E-state index in [1.807, 2.05) is 19.9 Å². The van der Waals surface area contributed by atoms with Crippen LogP contribution in [-0.4, -0.2) is 10.7 Å². The summed E-state index contributed by atoms with van der Waals surface area (Å²) in [6.45, 7) is 3.92. The molecule has 1 aromatic heterocycles. The highest BCUT2D eigenvalue weighted by Crippen LogP contribution is 2.06. The first-order chi connectivity index (χ1) is 4.58. The van der Waals surface area contributed by atoms with Gasteiger partial charge in [0.2, 0.25) is 0 Å². The maximum atomic E-state index is 5.74. The molecule has 0 fully saturated rings. The second-order valence-electron chi connectivity index (χ2n) is 3.16. The van der Waals surface area contributed by atoms with E-state index in [1.54, 1.807) is 6.26 Å². The van der Waals surface area contributed by atoms with E-state index in [1.165, 1.54) is 0 Å². The lowest BCUT2D eigenvalue weighted by molar-refractivity contribution is 0.400. The minimum Gasteiger partial charge on any atom is -0.365 e. The van der Waals surface area contributed by atoms with Crippen molar-refractivity contribution in [3.8, 4) is 0 Å². The molecule has 56 valence electrons. The lowest BCUT2D eigenvalue weighted by atomic mass is 10.0. The van der Waals surface area contributed by atoms with Crippen molar-refractivity contribution in [1.29, 1.82) is 0 Å². The van der Waals surface area contributed by atoms with Gasteiger partial charge in [0.05, 0.1) is 5.69 Å². The van der Waals surface area contributed by atoms with Crippen LogP contribution < -0.4 is 5.73 Å². The van der Waals surface area contributed by atoms with Crippen LogP contribution in [0.1, 0.15) is 19.5 Å². The summed E-state index contributed by atoms with van der Waals surface area (Å²) in [6.07, 6.45) is 2.31. The Morgan fingerprint density at radius 3 is 2.80 bits per heavy atom. The summed E-state index contributed by atoms with van der Waals surface area (Å²) in [4.78, 5) is 0. The van der Waals surface area contributed by atoms with Crippen molar-refractivity contribution in [2.24, 2.45) is 5.73 Å². The third-order valence-electron chi connectivity index (χ3n) is 1.13. The third-order valence-corrected chi connectivity index (χ3v) is 1.13. The average Bonchev–Trinajstić information content (AvgIpc) is 2.12. The summed E-state index contributed by atoms with van der Waals surface area (Å²) in [5, 5.41) is 3.75. The molecule has 0 unspecified atom stereocenters. The number of nitrogens with two attached hydrogens (primary N) is 1. The molecule has 0 aliphatic carbocycles. The highest BCUT2D eigenvalue weighted by Gasteiger charge is 2.12. The lowest BCUT2D eigenvalue weighted by Gasteiger charge is -2.15. The molecule has 1 aromatic rings. The summed E-state index contributed by atoms with van der Waals surface area (Å²) in [7, 11) is 0. The van der Waals surface area contributed by atoms with E-state index >= 15 is 0 Å². The number of rotatable bonds is 2. The first kappa shape index (κ1) is 7.28. The van der Waals surface area contributed by atoms with Crippen molar-refractivity contribution < 1.29 is 4.52 Å². The molecule has 0 aliphatic heterocycles. The number of nitrogens with zero attached hydrogens (tertiary/aromatic N) is 1. The molecule has 0 atom stereocenters. The third kappa shape index (κ3) is 2.19. The van der Waals surface area contributed by atoms with Gasteiger partial charge in [-0.1, -0.05) is 5.16 Å². The van der Waals surface area contributed by atoms with E-state index < -0.39 is 0 Å². The molecule has 0 spiro atoms. The fourth-order valence-electron chi connectivity index (χ4n) is 0.796. The van der Waals surface area contributed by atoms with Gasteiger partial charge >= 0.3 is 0 Å². The Hall–Kier alpha value is -0.830. The van der Waals surface area contributed by atoms with E-state index in [-0.39, 0.29) is 5.54 Å². The summed E-state index contributed by atoms with van der Waals surface area (Å²) < 4.78 is 4.65. The molecule has 0 saturated heterocycles. The second kappa shape index (κ2) is 2.42. The van der Waals surface area contributed by atoms with Gasteiger partial charge in [0.15, 0.2) is 0 Å². The summed E-state index contributed by atoms with van der Waals surface area (Å²) in [6, 6.07) is 1.83. The molecule has 3 heteroatoms. The zero-order valence-corrected chi connectivity index (χ0v) is 6.29. The fraction of sp³-hybridized carbons (Fsp3) is 0.571. The smallest absolute Gasteiger partial charge is 0.124 e. The van der Waals surface area contributed by atoms with E-state index in [0.29, 0.717) is 0 Å². The average molecular weight is 140 g/mol. The van der Waals surface area contributed by atoms with Gasteiger partial charge in [-0.15, -0.1) is 0 Å². The molecule has 2 N–H and O–H groups in total. The Labute approximate surface area is 60.2 Å². The molecule has 1 heterocycles. The standard InChI is InChI=1S/C7H12N2O/c1-7(2,8)5-6-3-4-10-9-6/h3-4H,5,8H2,1-2H3. The van der Waals surface area contributed by atoms with Crippen LogP contribution in [-0.2, 0) is 6.42 Å². The van der Waals surface area contributed by atoms with E-state index in [9.17, 15) is 0 Å². The predicted molar refractivity (Wildman–Crippen MR) is 38.5 cm³/mol. The normalized spacial score (nSPS) is 11.9. The minimum absolute atomic E-state index is 0.198. The van der Waals surface area contributed by atoms with Crippen LogP contribution >= 0.6 is 0 Å². The monoisotopic (exact) mass is 140 g/mol. The molecule has 0 saturated carbocycles. The molecular weight excluding hydrogens is 128 g/mol. The summed E-state index contributed by atoms with van der Waals surface area (Å²) in [5.74, 6) is 0. The van der Waals surface area contributed by atoms with Crippen molar-refractivity contribution >= 4 is 0 Å². The summed E-state index contributed by atoms with van der Waals surface area (Å²) in [5.41, 5.74) is 6.46. The fourth-order valence-corrected chi connectivity index (χ4v) is 0.796. The first-order valence-electron chi connectivity index (χ1n) is 3.26. The summed E-state index contributed by atoms with van der Waals surface area (Å²) >= 11 is 0. The Balaban J connectivity index is 2.57. The lowest BCUT2D eigenvalue weighted by Crippen LogP contribution is -2.34. The zero-order chi connectivity index (χ0) is 7.61. The number of aromatic nitrogens is 1. The van der Waals surface area contributed by atoms with Gasteiger partial charge in [-0.3, -0.25) is 0 Å². The quantitative estimate of drug-likeness (QED) is 0.665. The Kier molecular flexibility index (Phi) is 1.76. The van der Waals surface area contributed by atoms with Gasteiger partial charge < -0.3 is 10.3 Å². The molecule has 0 aromatic carbocycles. The Morgan fingerprint density at radius 2 is 2.40 bits per heavy atom. The first-order valence-corrected chi connectivity index (χ1v) is 3.26. The van der Waals surface area contributed by atoms with Crippen molar-refractivity contribution in [3.63, 3.8) is 0 Å². The molecule has 0 radical (unpaired) electrons. The number of hydrogen-bond donors (Lipinski definition) is 1. The van der Waals surface area contributed by atoms with Crippen LogP contribution in [0.15, 0.2) is 16.9 Å². The largest absolute Gasteiger partial charge is 0.365 e. The topological polar surface area (TPSA) is 52.0 Å². The van der Waals surface area contributed by atoms with Crippen molar-refractivity contribution in [1.82, 2.24) is 5.16 Å². The van der Waals surface area contributed by atoms with E-state index in [4.69, 9.17) is 5.73 Å². The predicted octanol–water partition coefficient (Wildman–Crippen LogP) is 0.954. The van der Waals surface area contributed by atoms with Crippen molar-refractivity contribution in [2.75, 3.05) is 0 Å². The van der Waals surface area contributed by atoms with Crippen LogP contribution in [0.5, 0.6) is 0 Å². The Bertz CT molecular complexity index is 186. The van der Waals surface area contributed by atoms with E-state index in [0.717, 1.165) is 12.1 Å². The van der Waals surface area contributed by atoms with Gasteiger partial charge in [-0.25, -0.2) is 0 Å². The van der Waals surface area contributed by atoms with Gasteiger partial charge in [0.1, 0.15) is 6.26 Å². The van der Waals surface area contributed by atoms with Crippen LogP contribution in [0.3, 0.4) is 0 Å². The van der Waals surface area contributed by atoms with Crippen molar-refractivity contribution in [2.45, 2.75) is 25.8 Å². The second-order valence-corrected chi connectivity index (χ2v) is 3.16. The maximum absolute atomic E-state index is 5.74. The highest BCUT2D eigenvalue weighted by atomic mass is 16.5. The van der Waals surface area contributed by atoms with Gasteiger partial charge in [0.25, 0.3) is 0 Å². The SMILES string of the molecule is CC(C)(N)Cc1ccon1. The van der Waals surface area contributed by atoms with E-state index in [2.05, 4.69) is 9.68 Å². The maximum Gasteiger partial charge on any atom is 0.124 e. The van der Waals surface area contributed by atoms with Gasteiger partial charge in [0, 0.05) is 18.0 Å². The number of hydrogen-bond acceptors (Lipinski definition) is 3.